The van der Waals surface area contributed by atoms with E-state index in [1.807, 2.05) is 45.0 Å². The number of fused-ring (bicyclic) bond motifs is 1. The van der Waals surface area contributed by atoms with Crippen molar-refractivity contribution in [2.75, 3.05) is 0 Å². The molecule has 0 spiro atoms. The Morgan fingerprint density at radius 3 is 2.09 bits per heavy atom. The highest BCUT2D eigenvalue weighted by atomic mass is 16.2. The first-order chi connectivity index (χ1) is 21.1. The largest absolute Gasteiger partial charge is 0.346 e. The average Bonchev–Trinajstić information content (AvgIpc) is 2.99. The number of aromatic nitrogens is 1. The van der Waals surface area contributed by atoms with E-state index in [1.165, 1.54) is 6.92 Å². The summed E-state index contributed by atoms with van der Waals surface area (Å²) < 4.78 is 0. The third-order valence-corrected chi connectivity index (χ3v) is 8.38. The number of Topliss-reactive ketones (excluding diaryl/α,β-unsaturated/α-hetero) is 5. The van der Waals surface area contributed by atoms with E-state index in [2.05, 4.69) is 10.3 Å². The normalized spacial score (nSPS) is 13.6. The van der Waals surface area contributed by atoms with Crippen molar-refractivity contribution in [3.05, 3.63) is 77.5 Å². The summed E-state index contributed by atoms with van der Waals surface area (Å²) in [5.41, 5.74) is 2.00. The Morgan fingerprint density at radius 1 is 0.844 bits per heavy atom. The number of hydrogen-bond acceptors (Lipinski definition) is 7. The third kappa shape index (κ3) is 9.33. The fourth-order valence-corrected chi connectivity index (χ4v) is 5.34. The number of benzene rings is 2. The Hall–Kier alpha value is -4.33. The van der Waals surface area contributed by atoms with Crippen molar-refractivity contribution in [2.45, 2.75) is 80.2 Å². The molecule has 0 radical (unpaired) electrons. The molecule has 1 N–H and O–H groups in total. The molecule has 45 heavy (non-hydrogen) atoms. The summed E-state index contributed by atoms with van der Waals surface area (Å²) in [5.74, 6) is -3.98. The summed E-state index contributed by atoms with van der Waals surface area (Å²) in [6.45, 7) is 12.2. The molecule has 3 rings (SSSR count). The monoisotopic (exact) mass is 612 g/mol. The maximum absolute atomic E-state index is 13.5. The second kappa shape index (κ2) is 15.1. The Bertz CT molecular complexity index is 1580. The quantitative estimate of drug-likeness (QED) is 0.160. The van der Waals surface area contributed by atoms with Crippen molar-refractivity contribution in [1.29, 1.82) is 0 Å². The molecule has 3 atom stereocenters. The molecule has 1 amide bonds. The lowest BCUT2D eigenvalue weighted by atomic mass is 9.76. The number of aryl methyl sites for hydroxylation is 1. The molecule has 0 saturated heterocycles. The zero-order valence-electron chi connectivity index (χ0n) is 27.3. The highest BCUT2D eigenvalue weighted by Gasteiger charge is 2.36. The van der Waals surface area contributed by atoms with Gasteiger partial charge in [-0.3, -0.25) is 33.8 Å². The second-order valence-corrected chi connectivity index (χ2v) is 13.2. The van der Waals surface area contributed by atoms with Crippen LogP contribution < -0.4 is 5.32 Å². The Balaban J connectivity index is 1.64. The summed E-state index contributed by atoms with van der Waals surface area (Å²) in [6, 6.07) is 15.0. The van der Waals surface area contributed by atoms with Gasteiger partial charge >= 0.3 is 0 Å². The van der Waals surface area contributed by atoms with Crippen LogP contribution in [0.2, 0.25) is 0 Å². The average molecular weight is 613 g/mol. The maximum Gasteiger partial charge on any atom is 0.224 e. The van der Waals surface area contributed by atoms with Crippen molar-refractivity contribution >= 4 is 45.7 Å². The van der Waals surface area contributed by atoms with Crippen LogP contribution in [0.15, 0.2) is 60.8 Å². The number of para-hydroxylation sites is 1. The van der Waals surface area contributed by atoms with Crippen molar-refractivity contribution in [2.24, 2.45) is 23.2 Å². The number of hydrogen-bond donors (Lipinski definition) is 1. The van der Waals surface area contributed by atoms with E-state index >= 15 is 0 Å². The van der Waals surface area contributed by atoms with Gasteiger partial charge in [-0.2, -0.15) is 0 Å². The fraction of sp³-hybridized carbons (Fsp3) is 0.432. The van der Waals surface area contributed by atoms with Gasteiger partial charge in [0.05, 0.1) is 17.5 Å². The first-order valence-corrected chi connectivity index (χ1v) is 15.5. The van der Waals surface area contributed by atoms with Crippen LogP contribution in [0, 0.1) is 23.2 Å². The van der Waals surface area contributed by atoms with Gasteiger partial charge < -0.3 is 5.32 Å². The molecule has 3 aromatic rings. The molecule has 0 aliphatic carbocycles. The number of carbonyl (C=O) groups is 6. The Kier molecular flexibility index (Phi) is 11.8. The SMILES string of the molecule is CC(=O)c1ccc(CCC(=O)C(=O)[C@@H](CC(=O)[C@H](C)NC(=O)[C@@H](CC(=O)c2ccnc3ccccc23)C(C)(C)C)C(C)C)cc1. The van der Waals surface area contributed by atoms with Crippen LogP contribution >= 0.6 is 0 Å². The number of ketones is 5. The minimum absolute atomic E-state index is 0.00396. The van der Waals surface area contributed by atoms with Crippen molar-refractivity contribution in [3.8, 4) is 0 Å². The lowest BCUT2D eigenvalue weighted by Gasteiger charge is -2.30. The van der Waals surface area contributed by atoms with Gasteiger partial charge in [0.1, 0.15) is 0 Å². The third-order valence-electron chi connectivity index (χ3n) is 8.38. The molecule has 238 valence electrons. The number of carbonyl (C=O) groups excluding carboxylic acids is 6. The zero-order chi connectivity index (χ0) is 33.5. The summed E-state index contributed by atoms with van der Waals surface area (Å²) in [7, 11) is 0. The predicted molar refractivity (Wildman–Crippen MR) is 174 cm³/mol. The van der Waals surface area contributed by atoms with Gasteiger partial charge in [0.25, 0.3) is 0 Å². The molecule has 8 nitrogen and oxygen atoms in total. The first-order valence-electron chi connectivity index (χ1n) is 15.5. The number of nitrogens with one attached hydrogen (secondary N) is 1. The first kappa shape index (κ1) is 35.2. The standard InChI is InChI=1S/C37H44N2O6/c1-22(2)29(35(44)32(41)17-14-25-12-15-26(16-13-25)24(4)40)20-33(42)23(3)39-36(45)30(37(5,6)7)21-34(43)28-18-19-38-31-11-9-8-10-27(28)31/h8-13,15-16,18-19,22-23,29-30H,14,17,20-21H2,1-7H3,(H,39,45)/t23-,29-,30+/m0/s1. The van der Waals surface area contributed by atoms with Crippen LogP contribution in [0.3, 0.4) is 0 Å². The lowest BCUT2D eigenvalue weighted by molar-refractivity contribution is -0.141. The molecular formula is C37H44N2O6. The molecular weight excluding hydrogens is 568 g/mol. The summed E-state index contributed by atoms with van der Waals surface area (Å²) in [4.78, 5) is 82.0. The molecule has 0 aliphatic heterocycles. The molecule has 0 bridgehead atoms. The van der Waals surface area contributed by atoms with Gasteiger partial charge in [-0.25, -0.2) is 0 Å². The van der Waals surface area contributed by atoms with E-state index in [-0.39, 0.29) is 42.5 Å². The smallest absolute Gasteiger partial charge is 0.224 e. The maximum atomic E-state index is 13.5. The topological polar surface area (TPSA) is 127 Å². The van der Waals surface area contributed by atoms with Gasteiger partial charge in [-0.1, -0.05) is 77.1 Å². The van der Waals surface area contributed by atoms with E-state index in [0.29, 0.717) is 28.5 Å². The van der Waals surface area contributed by atoms with Gasteiger partial charge in [0.15, 0.2) is 23.1 Å². The van der Waals surface area contributed by atoms with Crippen LogP contribution in [0.1, 0.15) is 94.0 Å². The van der Waals surface area contributed by atoms with Gasteiger partial charge in [-0.15, -0.1) is 0 Å². The number of pyridine rings is 1. The zero-order valence-corrected chi connectivity index (χ0v) is 27.3. The molecule has 0 fully saturated rings. The molecule has 8 heteroatoms. The molecule has 0 saturated carbocycles. The van der Waals surface area contributed by atoms with Crippen LogP contribution in [-0.4, -0.2) is 45.8 Å². The minimum atomic E-state index is -0.914. The van der Waals surface area contributed by atoms with E-state index in [1.54, 1.807) is 57.3 Å². The second-order valence-electron chi connectivity index (χ2n) is 13.2. The highest BCUT2D eigenvalue weighted by molar-refractivity contribution is 6.38. The van der Waals surface area contributed by atoms with Crippen molar-refractivity contribution in [1.82, 2.24) is 10.3 Å². The molecule has 0 aliphatic rings. The summed E-state index contributed by atoms with van der Waals surface area (Å²) in [6.07, 6.45) is 1.68. The van der Waals surface area contributed by atoms with E-state index in [4.69, 9.17) is 0 Å². The van der Waals surface area contributed by atoms with E-state index in [9.17, 15) is 28.8 Å². The van der Waals surface area contributed by atoms with Crippen LogP contribution in [0.5, 0.6) is 0 Å². The van der Waals surface area contributed by atoms with Gasteiger partial charge in [0.2, 0.25) is 11.7 Å². The lowest BCUT2D eigenvalue weighted by Crippen LogP contribution is -2.46. The molecule has 1 aromatic heterocycles. The van der Waals surface area contributed by atoms with Crippen molar-refractivity contribution in [3.63, 3.8) is 0 Å². The number of nitrogens with zero attached hydrogens (tertiary/aromatic N) is 1. The van der Waals surface area contributed by atoms with E-state index < -0.39 is 40.8 Å². The van der Waals surface area contributed by atoms with Crippen molar-refractivity contribution < 1.29 is 28.8 Å². The Labute approximate surface area is 265 Å². The number of rotatable bonds is 15. The highest BCUT2D eigenvalue weighted by Crippen LogP contribution is 2.31. The molecule has 1 heterocycles. The van der Waals surface area contributed by atoms with E-state index in [0.717, 1.165) is 5.56 Å². The molecule has 2 aromatic carbocycles. The predicted octanol–water partition coefficient (Wildman–Crippen LogP) is 6.18. The van der Waals surface area contributed by atoms with Gasteiger partial charge in [0, 0.05) is 47.9 Å². The van der Waals surface area contributed by atoms with Crippen LogP contribution in [0.25, 0.3) is 10.9 Å². The number of amides is 1. The Morgan fingerprint density at radius 2 is 1.49 bits per heavy atom. The minimum Gasteiger partial charge on any atom is -0.346 e. The summed E-state index contributed by atoms with van der Waals surface area (Å²) in [5, 5.41) is 3.49. The van der Waals surface area contributed by atoms with Crippen LogP contribution in [0.4, 0.5) is 0 Å². The fourth-order valence-electron chi connectivity index (χ4n) is 5.34. The molecule has 0 unspecified atom stereocenters. The summed E-state index contributed by atoms with van der Waals surface area (Å²) >= 11 is 0. The van der Waals surface area contributed by atoms with Crippen LogP contribution in [-0.2, 0) is 25.6 Å². The van der Waals surface area contributed by atoms with Gasteiger partial charge in [-0.05, 0) is 49.3 Å².